The summed E-state index contributed by atoms with van der Waals surface area (Å²) in [7, 11) is 0. The number of nitrogens with two attached hydrogens (primary N) is 1. The van der Waals surface area contributed by atoms with Crippen LogP contribution in [0.15, 0.2) is 12.3 Å². The Bertz CT molecular complexity index is 178. The molecule has 12 heavy (non-hydrogen) atoms. The normalized spacial score (nSPS) is 26.5. The van der Waals surface area contributed by atoms with E-state index in [4.69, 9.17) is 10.5 Å². The summed E-state index contributed by atoms with van der Waals surface area (Å²) in [6.45, 7) is 0. The van der Waals surface area contributed by atoms with Crippen LogP contribution in [0.5, 0.6) is 0 Å². The molecular weight excluding hydrogens is 171 g/mol. The molecule has 0 aromatic carbocycles. The summed E-state index contributed by atoms with van der Waals surface area (Å²) in [4.78, 5) is 0. The van der Waals surface area contributed by atoms with Gasteiger partial charge in [0.15, 0.2) is 0 Å². The van der Waals surface area contributed by atoms with Crippen molar-refractivity contribution in [3.8, 4) is 0 Å². The summed E-state index contributed by atoms with van der Waals surface area (Å²) in [6, 6.07) is -1.87. The second kappa shape index (κ2) is 3.35. The third kappa shape index (κ3) is 2.14. The number of hydrogen-bond acceptors (Lipinski definition) is 2. The van der Waals surface area contributed by atoms with E-state index in [-0.39, 0.29) is 0 Å². The molecule has 1 heterocycles. The Morgan fingerprint density at radius 3 is 2.58 bits per heavy atom. The molecule has 1 rings (SSSR count). The van der Waals surface area contributed by atoms with E-state index < -0.39 is 18.3 Å². The van der Waals surface area contributed by atoms with E-state index in [9.17, 15) is 13.2 Å². The van der Waals surface area contributed by atoms with Crippen LogP contribution in [0.25, 0.3) is 0 Å². The van der Waals surface area contributed by atoms with Gasteiger partial charge >= 0.3 is 6.18 Å². The first kappa shape index (κ1) is 9.38. The zero-order valence-corrected chi connectivity index (χ0v) is 6.34. The number of rotatable bonds is 1. The highest BCUT2D eigenvalue weighted by atomic mass is 19.4. The van der Waals surface area contributed by atoms with Crippen molar-refractivity contribution in [2.24, 2.45) is 5.73 Å². The standard InChI is InChI=1S/C7H10F3NO/c8-7(9,10)6(11)5-3-1-2-4-12-5/h2,4-6H,1,3,11H2. The second-order valence-electron chi connectivity index (χ2n) is 2.69. The zero-order valence-electron chi connectivity index (χ0n) is 6.34. The van der Waals surface area contributed by atoms with Gasteiger partial charge in [0, 0.05) is 0 Å². The average Bonchev–Trinajstić information content (AvgIpc) is 2.03. The molecule has 0 amide bonds. The van der Waals surface area contributed by atoms with Crippen LogP contribution in [0.4, 0.5) is 13.2 Å². The van der Waals surface area contributed by atoms with Crippen LogP contribution in [0.1, 0.15) is 12.8 Å². The molecule has 1 aliphatic rings. The van der Waals surface area contributed by atoms with Crippen molar-refractivity contribution in [3.05, 3.63) is 12.3 Å². The lowest BCUT2D eigenvalue weighted by molar-refractivity contribution is -0.171. The van der Waals surface area contributed by atoms with Gasteiger partial charge in [-0.2, -0.15) is 13.2 Å². The Hall–Kier alpha value is -0.710. The molecule has 0 saturated carbocycles. The molecule has 2 unspecified atom stereocenters. The van der Waals surface area contributed by atoms with E-state index >= 15 is 0 Å². The van der Waals surface area contributed by atoms with Crippen molar-refractivity contribution >= 4 is 0 Å². The Kier molecular flexibility index (Phi) is 2.62. The average molecular weight is 181 g/mol. The third-order valence-electron chi connectivity index (χ3n) is 1.75. The summed E-state index contributed by atoms with van der Waals surface area (Å²) >= 11 is 0. The molecule has 2 atom stereocenters. The van der Waals surface area contributed by atoms with E-state index in [2.05, 4.69) is 0 Å². The topological polar surface area (TPSA) is 35.2 Å². The lowest BCUT2D eigenvalue weighted by Crippen LogP contribution is -2.48. The molecule has 70 valence electrons. The highest BCUT2D eigenvalue weighted by Gasteiger charge is 2.43. The van der Waals surface area contributed by atoms with Crippen molar-refractivity contribution in [3.63, 3.8) is 0 Å². The van der Waals surface area contributed by atoms with E-state index in [1.807, 2.05) is 0 Å². The molecule has 1 aliphatic heterocycles. The number of halogens is 3. The predicted molar refractivity (Wildman–Crippen MR) is 37.3 cm³/mol. The highest BCUT2D eigenvalue weighted by molar-refractivity contribution is 4.89. The Balaban J connectivity index is 2.52. The second-order valence-corrected chi connectivity index (χ2v) is 2.69. The minimum Gasteiger partial charge on any atom is -0.496 e. The summed E-state index contributed by atoms with van der Waals surface area (Å²) in [6.07, 6.45) is -1.41. The minimum atomic E-state index is -4.37. The van der Waals surface area contributed by atoms with Gasteiger partial charge < -0.3 is 10.5 Å². The van der Waals surface area contributed by atoms with Crippen molar-refractivity contribution < 1.29 is 17.9 Å². The van der Waals surface area contributed by atoms with Crippen LogP contribution < -0.4 is 5.73 Å². The van der Waals surface area contributed by atoms with Crippen LogP contribution in [0.2, 0.25) is 0 Å². The van der Waals surface area contributed by atoms with Crippen LogP contribution in [0.3, 0.4) is 0 Å². The molecule has 0 bridgehead atoms. The Labute approximate surface area is 68.2 Å². The van der Waals surface area contributed by atoms with E-state index in [1.165, 1.54) is 6.26 Å². The predicted octanol–water partition coefficient (Wildman–Crippen LogP) is 1.57. The van der Waals surface area contributed by atoms with Crippen molar-refractivity contribution in [1.82, 2.24) is 0 Å². The molecule has 0 spiro atoms. The first-order valence-electron chi connectivity index (χ1n) is 3.64. The van der Waals surface area contributed by atoms with Gasteiger partial charge in [-0.05, 0) is 18.9 Å². The smallest absolute Gasteiger partial charge is 0.407 e. The van der Waals surface area contributed by atoms with Crippen LogP contribution in [-0.4, -0.2) is 18.3 Å². The quantitative estimate of drug-likeness (QED) is 0.666. The maximum Gasteiger partial charge on any atom is 0.407 e. The monoisotopic (exact) mass is 181 g/mol. The number of allylic oxidation sites excluding steroid dienone is 1. The minimum absolute atomic E-state index is 0.331. The molecule has 5 heteroatoms. The van der Waals surface area contributed by atoms with E-state index in [0.717, 1.165) is 0 Å². The summed E-state index contributed by atoms with van der Waals surface area (Å²) in [5.41, 5.74) is 4.94. The van der Waals surface area contributed by atoms with E-state index in [1.54, 1.807) is 6.08 Å². The molecule has 0 aromatic rings. The summed E-state index contributed by atoms with van der Waals surface area (Å²) in [5.74, 6) is 0. The first-order chi connectivity index (χ1) is 5.52. The first-order valence-corrected chi connectivity index (χ1v) is 3.64. The number of ether oxygens (including phenoxy) is 1. The molecule has 2 nitrogen and oxygen atoms in total. The van der Waals surface area contributed by atoms with Gasteiger partial charge in [-0.15, -0.1) is 0 Å². The van der Waals surface area contributed by atoms with Crippen molar-refractivity contribution in [2.75, 3.05) is 0 Å². The SMILES string of the molecule is NC(C1CCC=CO1)C(F)(F)F. The molecule has 2 N–H and O–H groups in total. The fraction of sp³-hybridized carbons (Fsp3) is 0.714. The third-order valence-corrected chi connectivity index (χ3v) is 1.75. The van der Waals surface area contributed by atoms with Gasteiger partial charge in [-0.3, -0.25) is 0 Å². The molecule has 0 aliphatic carbocycles. The van der Waals surface area contributed by atoms with Crippen LogP contribution in [-0.2, 0) is 4.74 Å². The van der Waals surface area contributed by atoms with Crippen LogP contribution in [0, 0.1) is 0 Å². The maximum absolute atomic E-state index is 12.0. The zero-order chi connectivity index (χ0) is 9.19. The Morgan fingerprint density at radius 1 is 1.50 bits per heavy atom. The van der Waals surface area contributed by atoms with E-state index in [0.29, 0.717) is 12.8 Å². The van der Waals surface area contributed by atoms with Crippen molar-refractivity contribution in [2.45, 2.75) is 31.2 Å². The molecule has 0 aromatic heterocycles. The van der Waals surface area contributed by atoms with Gasteiger partial charge in [0.05, 0.1) is 6.26 Å². The lowest BCUT2D eigenvalue weighted by Gasteiger charge is -2.26. The fourth-order valence-corrected chi connectivity index (χ4v) is 1.03. The van der Waals surface area contributed by atoms with Gasteiger partial charge in [-0.25, -0.2) is 0 Å². The van der Waals surface area contributed by atoms with Crippen molar-refractivity contribution in [1.29, 1.82) is 0 Å². The molecule has 0 saturated heterocycles. The molecule has 0 fully saturated rings. The Morgan fingerprint density at radius 2 is 2.17 bits per heavy atom. The molecular formula is C7H10F3NO. The fourth-order valence-electron chi connectivity index (χ4n) is 1.03. The van der Waals surface area contributed by atoms with Gasteiger partial charge in [0.2, 0.25) is 0 Å². The van der Waals surface area contributed by atoms with Gasteiger partial charge in [-0.1, -0.05) is 0 Å². The largest absolute Gasteiger partial charge is 0.496 e. The van der Waals surface area contributed by atoms with Crippen LogP contribution >= 0.6 is 0 Å². The number of hydrogen-bond donors (Lipinski definition) is 1. The lowest BCUT2D eigenvalue weighted by atomic mass is 10.1. The summed E-state index contributed by atoms with van der Waals surface area (Å²) in [5, 5.41) is 0. The highest BCUT2D eigenvalue weighted by Crippen LogP contribution is 2.25. The molecule has 0 radical (unpaired) electrons. The van der Waals surface area contributed by atoms with Gasteiger partial charge in [0.25, 0.3) is 0 Å². The number of alkyl halides is 3. The van der Waals surface area contributed by atoms with Gasteiger partial charge in [0.1, 0.15) is 12.1 Å². The maximum atomic E-state index is 12.0. The summed E-state index contributed by atoms with van der Waals surface area (Å²) < 4.78 is 40.8.